The van der Waals surface area contributed by atoms with Crippen LogP contribution in [0.25, 0.3) is 0 Å². The molecule has 3 heterocycles. The lowest BCUT2D eigenvalue weighted by molar-refractivity contribution is -0.131. The van der Waals surface area contributed by atoms with Crippen molar-refractivity contribution in [2.24, 2.45) is 24.8 Å². The number of carbonyl (C=O) groups is 1. The van der Waals surface area contributed by atoms with Gasteiger partial charge in [-0.2, -0.15) is 5.10 Å². The number of aryl methyl sites for hydroxylation is 1. The fourth-order valence-electron chi connectivity index (χ4n) is 3.95. The van der Waals surface area contributed by atoms with Gasteiger partial charge in [-0.15, -0.1) is 0 Å². The third-order valence-corrected chi connectivity index (χ3v) is 5.08. The van der Waals surface area contributed by atoms with Crippen LogP contribution < -0.4 is 5.32 Å². The van der Waals surface area contributed by atoms with E-state index in [9.17, 15) is 4.79 Å². The lowest BCUT2D eigenvalue weighted by Crippen LogP contribution is -2.49. The molecule has 2 aliphatic heterocycles. The lowest BCUT2D eigenvalue weighted by Gasteiger charge is -2.36. The van der Waals surface area contributed by atoms with Crippen LogP contribution in [0.2, 0.25) is 0 Å². The number of hydrogen-bond donors (Lipinski definition) is 1. The van der Waals surface area contributed by atoms with E-state index in [4.69, 9.17) is 4.74 Å². The highest BCUT2D eigenvalue weighted by atomic mass is 16.5. The van der Waals surface area contributed by atoms with Crippen molar-refractivity contribution in [1.82, 2.24) is 20.0 Å². The number of nitrogens with zero attached hydrogens (tertiary/aromatic N) is 3. The van der Waals surface area contributed by atoms with Crippen molar-refractivity contribution >= 4 is 5.91 Å². The van der Waals surface area contributed by atoms with Gasteiger partial charge in [0.05, 0.1) is 12.8 Å². The van der Waals surface area contributed by atoms with Crippen LogP contribution in [0.1, 0.15) is 18.4 Å². The zero-order chi connectivity index (χ0) is 15.5. The van der Waals surface area contributed by atoms with Crippen molar-refractivity contribution in [2.45, 2.75) is 19.4 Å². The zero-order valence-electron chi connectivity index (χ0n) is 13.5. The fraction of sp³-hybridized carbons (Fsp3) is 0.750. The highest BCUT2D eigenvalue weighted by Crippen LogP contribution is 2.34. The molecular formula is C16H26N4O2. The average molecular weight is 306 g/mol. The third-order valence-electron chi connectivity index (χ3n) is 5.08. The van der Waals surface area contributed by atoms with Crippen molar-refractivity contribution in [2.75, 3.05) is 33.4 Å². The van der Waals surface area contributed by atoms with Crippen molar-refractivity contribution < 1.29 is 9.53 Å². The van der Waals surface area contributed by atoms with E-state index in [1.54, 1.807) is 7.11 Å². The molecule has 1 aromatic heterocycles. The molecule has 0 spiro atoms. The number of likely N-dealkylation sites (tertiary alicyclic amines) is 1. The molecule has 2 aliphatic rings. The Morgan fingerprint density at radius 2 is 2.23 bits per heavy atom. The summed E-state index contributed by atoms with van der Waals surface area (Å²) in [7, 11) is 3.69. The standard InChI is InChI=1S/C16H26N4O2/c1-19-9-12(7-18-19)10-20-5-3-14-13(11-22-2)8-17-16(21)15(14)4-6-20/h7,9,13-15H,3-6,8,10-11H2,1-2H3,(H,17,21)/t13-,14+,15+/m1/s1. The number of amides is 1. The molecule has 0 aromatic carbocycles. The van der Waals surface area contributed by atoms with Gasteiger partial charge >= 0.3 is 0 Å². The first kappa shape index (κ1) is 15.5. The minimum absolute atomic E-state index is 0.146. The number of methoxy groups -OCH3 is 1. The Balaban J connectivity index is 1.65. The maximum atomic E-state index is 12.2. The first-order valence-electron chi connectivity index (χ1n) is 8.14. The molecule has 1 aromatic rings. The predicted octanol–water partition coefficient (Wildman–Crippen LogP) is 0.641. The average Bonchev–Trinajstić information content (AvgIpc) is 2.78. The van der Waals surface area contributed by atoms with E-state index in [0.29, 0.717) is 11.8 Å². The van der Waals surface area contributed by atoms with Crippen molar-refractivity contribution in [1.29, 1.82) is 0 Å². The molecule has 0 bridgehead atoms. The van der Waals surface area contributed by atoms with Gasteiger partial charge in [0.1, 0.15) is 0 Å². The van der Waals surface area contributed by atoms with E-state index in [1.807, 2.05) is 17.9 Å². The number of piperidine rings is 1. The topological polar surface area (TPSA) is 59.4 Å². The molecule has 22 heavy (non-hydrogen) atoms. The van der Waals surface area contributed by atoms with E-state index >= 15 is 0 Å². The van der Waals surface area contributed by atoms with E-state index in [1.165, 1.54) is 5.56 Å². The van der Waals surface area contributed by atoms with Crippen LogP contribution in [-0.4, -0.2) is 53.9 Å². The fourth-order valence-corrected chi connectivity index (χ4v) is 3.95. The van der Waals surface area contributed by atoms with Crippen LogP contribution in [-0.2, 0) is 23.1 Å². The number of ether oxygens (including phenoxy) is 1. The molecule has 0 radical (unpaired) electrons. The molecule has 6 heteroatoms. The molecule has 0 unspecified atom stereocenters. The molecule has 3 rings (SSSR count). The molecule has 3 atom stereocenters. The Labute approximate surface area is 131 Å². The van der Waals surface area contributed by atoms with E-state index in [0.717, 1.165) is 45.6 Å². The molecule has 1 N–H and O–H groups in total. The molecule has 0 saturated carbocycles. The summed E-state index contributed by atoms with van der Waals surface area (Å²) in [4.78, 5) is 14.7. The monoisotopic (exact) mass is 306 g/mol. The van der Waals surface area contributed by atoms with Crippen LogP contribution in [0.4, 0.5) is 0 Å². The van der Waals surface area contributed by atoms with Gasteiger partial charge in [0.2, 0.25) is 5.91 Å². The second-order valence-corrected chi connectivity index (χ2v) is 6.61. The molecular weight excluding hydrogens is 280 g/mol. The highest BCUT2D eigenvalue weighted by Gasteiger charge is 2.39. The third kappa shape index (κ3) is 3.33. The Morgan fingerprint density at radius 3 is 2.95 bits per heavy atom. The molecule has 2 saturated heterocycles. The molecule has 6 nitrogen and oxygen atoms in total. The number of hydrogen-bond acceptors (Lipinski definition) is 4. The molecule has 0 aliphatic carbocycles. The smallest absolute Gasteiger partial charge is 0.223 e. The van der Waals surface area contributed by atoms with E-state index < -0.39 is 0 Å². The lowest BCUT2D eigenvalue weighted by atomic mass is 9.75. The second kappa shape index (κ2) is 6.79. The Hall–Kier alpha value is -1.40. The Kier molecular flexibility index (Phi) is 4.78. The summed E-state index contributed by atoms with van der Waals surface area (Å²) in [5.74, 6) is 1.28. The van der Waals surface area contributed by atoms with Gasteiger partial charge in [0.25, 0.3) is 0 Å². The van der Waals surface area contributed by atoms with Crippen LogP contribution in [0.15, 0.2) is 12.4 Å². The Morgan fingerprint density at radius 1 is 1.41 bits per heavy atom. The zero-order valence-corrected chi connectivity index (χ0v) is 13.5. The van der Waals surface area contributed by atoms with Gasteiger partial charge in [-0.05, 0) is 31.8 Å². The summed E-state index contributed by atoms with van der Waals surface area (Å²) < 4.78 is 7.20. The number of fused-ring (bicyclic) bond motifs is 1. The second-order valence-electron chi connectivity index (χ2n) is 6.61. The summed E-state index contributed by atoms with van der Waals surface area (Å²) in [5, 5.41) is 7.30. The minimum Gasteiger partial charge on any atom is -0.384 e. The van der Waals surface area contributed by atoms with Gasteiger partial charge in [0.15, 0.2) is 0 Å². The van der Waals surface area contributed by atoms with E-state index in [-0.39, 0.29) is 11.8 Å². The number of aromatic nitrogens is 2. The maximum absolute atomic E-state index is 12.2. The SMILES string of the molecule is COC[C@H]1CNC(=O)[C@H]2CCN(Cc3cnn(C)c3)CC[C@@H]12. The van der Waals surface area contributed by atoms with Crippen molar-refractivity contribution in [3.8, 4) is 0 Å². The van der Waals surface area contributed by atoms with Crippen LogP contribution in [0.5, 0.6) is 0 Å². The predicted molar refractivity (Wildman–Crippen MR) is 83.1 cm³/mol. The summed E-state index contributed by atoms with van der Waals surface area (Å²) >= 11 is 0. The normalized spacial score (nSPS) is 29.7. The molecule has 2 fully saturated rings. The van der Waals surface area contributed by atoms with Gasteiger partial charge < -0.3 is 10.1 Å². The first-order valence-corrected chi connectivity index (χ1v) is 8.14. The number of carbonyl (C=O) groups excluding carboxylic acids is 1. The van der Waals surface area contributed by atoms with Gasteiger partial charge in [-0.25, -0.2) is 0 Å². The minimum atomic E-state index is 0.146. The van der Waals surface area contributed by atoms with Crippen molar-refractivity contribution in [3.05, 3.63) is 18.0 Å². The maximum Gasteiger partial charge on any atom is 0.223 e. The molecule has 1 amide bonds. The summed E-state index contributed by atoms with van der Waals surface area (Å²) in [6.07, 6.45) is 6.01. The summed E-state index contributed by atoms with van der Waals surface area (Å²) in [6, 6.07) is 0. The summed E-state index contributed by atoms with van der Waals surface area (Å²) in [6.45, 7) is 4.44. The van der Waals surface area contributed by atoms with Gasteiger partial charge in [-0.1, -0.05) is 0 Å². The number of nitrogens with one attached hydrogen (secondary N) is 1. The molecule has 122 valence electrons. The number of rotatable bonds is 4. The van der Waals surface area contributed by atoms with Gasteiger partial charge in [0, 0.05) is 50.8 Å². The van der Waals surface area contributed by atoms with Gasteiger partial charge in [-0.3, -0.25) is 14.4 Å². The first-order chi connectivity index (χ1) is 10.7. The van der Waals surface area contributed by atoms with E-state index in [2.05, 4.69) is 21.5 Å². The largest absolute Gasteiger partial charge is 0.384 e. The highest BCUT2D eigenvalue weighted by molar-refractivity contribution is 5.79. The van der Waals surface area contributed by atoms with Crippen LogP contribution in [0, 0.1) is 17.8 Å². The summed E-state index contributed by atoms with van der Waals surface area (Å²) in [5.41, 5.74) is 1.24. The van der Waals surface area contributed by atoms with Crippen molar-refractivity contribution in [3.63, 3.8) is 0 Å². The quantitative estimate of drug-likeness (QED) is 0.887. The Bertz CT molecular complexity index is 516. The van der Waals surface area contributed by atoms with Crippen LogP contribution in [0.3, 0.4) is 0 Å². The van der Waals surface area contributed by atoms with Crippen LogP contribution >= 0.6 is 0 Å².